The molecule has 0 spiro atoms. The number of methoxy groups -OCH3 is 1. The zero-order valence-electron chi connectivity index (χ0n) is 10.9. The third-order valence-electron chi connectivity index (χ3n) is 3.57. The maximum Gasteiger partial charge on any atom is 0.306 e. The predicted molar refractivity (Wildman–Crippen MR) is 71.7 cm³/mol. The molecule has 19 heavy (non-hydrogen) atoms. The van der Waals surface area contributed by atoms with Gasteiger partial charge in [-0.2, -0.15) is 0 Å². The Labute approximate surface area is 112 Å². The molecule has 1 aliphatic rings. The third kappa shape index (κ3) is 3.30. The number of carboxylic acids is 1. The normalized spacial score (nSPS) is 22.8. The molecule has 2 unspecified atom stereocenters. The van der Waals surface area contributed by atoms with E-state index in [9.17, 15) is 9.90 Å². The molecule has 5 nitrogen and oxygen atoms in total. The molecule has 5 heteroatoms. The van der Waals surface area contributed by atoms with E-state index in [1.807, 2.05) is 6.07 Å². The van der Waals surface area contributed by atoms with Gasteiger partial charge in [0.15, 0.2) is 11.5 Å². The van der Waals surface area contributed by atoms with Crippen LogP contribution in [0.1, 0.15) is 25.7 Å². The van der Waals surface area contributed by atoms with Gasteiger partial charge in [0.1, 0.15) is 0 Å². The van der Waals surface area contributed by atoms with Crippen molar-refractivity contribution in [1.82, 2.24) is 0 Å². The number of rotatable bonds is 4. The molecule has 1 aliphatic carbocycles. The second kappa shape index (κ2) is 5.82. The van der Waals surface area contributed by atoms with Crippen LogP contribution in [0.2, 0.25) is 0 Å². The summed E-state index contributed by atoms with van der Waals surface area (Å²) >= 11 is 0. The van der Waals surface area contributed by atoms with Gasteiger partial charge >= 0.3 is 5.97 Å². The summed E-state index contributed by atoms with van der Waals surface area (Å²) in [6, 6.07) is 5.25. The summed E-state index contributed by atoms with van der Waals surface area (Å²) in [7, 11) is 1.50. The Morgan fingerprint density at radius 1 is 1.42 bits per heavy atom. The lowest BCUT2D eigenvalue weighted by Crippen LogP contribution is -2.30. The average molecular weight is 265 g/mol. The zero-order chi connectivity index (χ0) is 13.8. The summed E-state index contributed by atoms with van der Waals surface area (Å²) in [5.74, 6) is -0.474. The van der Waals surface area contributed by atoms with Crippen molar-refractivity contribution in [1.29, 1.82) is 0 Å². The molecular weight excluding hydrogens is 246 g/mol. The van der Waals surface area contributed by atoms with Gasteiger partial charge in [0.25, 0.3) is 0 Å². The summed E-state index contributed by atoms with van der Waals surface area (Å²) in [5, 5.41) is 22.0. The molecule has 104 valence electrons. The number of carbonyl (C=O) groups is 1. The minimum atomic E-state index is -0.718. The number of benzene rings is 1. The van der Waals surface area contributed by atoms with Crippen LogP contribution in [-0.2, 0) is 4.79 Å². The highest BCUT2D eigenvalue weighted by Crippen LogP contribution is 2.31. The standard InChI is InChI=1S/C14H19NO4/c1-19-13-6-5-11(8-12(13)16)15-10-4-2-3-9(7-10)14(17)18/h5-6,8-10,15-16H,2-4,7H2,1H3,(H,17,18). The topological polar surface area (TPSA) is 78.8 Å². The second-order valence-corrected chi connectivity index (χ2v) is 4.93. The number of phenols is 1. The Morgan fingerprint density at radius 2 is 2.21 bits per heavy atom. The van der Waals surface area contributed by atoms with Crippen LogP contribution >= 0.6 is 0 Å². The molecule has 2 rings (SSSR count). The SMILES string of the molecule is COc1ccc(NC2CCCC(C(=O)O)C2)cc1O. The highest BCUT2D eigenvalue weighted by Gasteiger charge is 2.26. The van der Waals surface area contributed by atoms with E-state index in [1.54, 1.807) is 12.1 Å². The Kier molecular flexibility index (Phi) is 4.14. The van der Waals surface area contributed by atoms with E-state index < -0.39 is 5.97 Å². The van der Waals surface area contributed by atoms with E-state index in [0.717, 1.165) is 24.9 Å². The maximum absolute atomic E-state index is 11.0. The van der Waals surface area contributed by atoms with Crippen molar-refractivity contribution in [3.8, 4) is 11.5 Å². The fraction of sp³-hybridized carbons (Fsp3) is 0.500. The summed E-state index contributed by atoms with van der Waals surface area (Å²) in [5.41, 5.74) is 0.786. The van der Waals surface area contributed by atoms with Crippen molar-refractivity contribution < 1.29 is 19.7 Å². The first kappa shape index (κ1) is 13.5. The Hall–Kier alpha value is -1.91. The monoisotopic (exact) mass is 265 g/mol. The first-order valence-corrected chi connectivity index (χ1v) is 6.46. The summed E-state index contributed by atoms with van der Waals surface area (Å²) in [4.78, 5) is 11.0. The highest BCUT2D eigenvalue weighted by molar-refractivity contribution is 5.70. The van der Waals surface area contributed by atoms with Gasteiger partial charge in [-0.3, -0.25) is 4.79 Å². The molecule has 1 saturated carbocycles. The number of aliphatic carboxylic acids is 1. The van der Waals surface area contributed by atoms with E-state index in [2.05, 4.69) is 5.32 Å². The molecule has 1 fully saturated rings. The molecule has 0 heterocycles. The fourth-order valence-corrected chi connectivity index (χ4v) is 2.56. The molecule has 0 aromatic heterocycles. The van der Waals surface area contributed by atoms with Crippen LogP contribution in [0.25, 0.3) is 0 Å². The second-order valence-electron chi connectivity index (χ2n) is 4.93. The van der Waals surface area contributed by atoms with Crippen LogP contribution in [-0.4, -0.2) is 29.3 Å². The molecule has 0 radical (unpaired) electrons. The smallest absolute Gasteiger partial charge is 0.306 e. The van der Waals surface area contributed by atoms with E-state index in [0.29, 0.717) is 12.2 Å². The van der Waals surface area contributed by atoms with Crippen LogP contribution in [0.3, 0.4) is 0 Å². The van der Waals surface area contributed by atoms with Gasteiger partial charge in [0.05, 0.1) is 13.0 Å². The maximum atomic E-state index is 11.0. The molecular formula is C14H19NO4. The number of hydrogen-bond acceptors (Lipinski definition) is 4. The molecule has 1 aromatic rings. The van der Waals surface area contributed by atoms with Gasteiger partial charge in [-0.15, -0.1) is 0 Å². The van der Waals surface area contributed by atoms with Crippen molar-refractivity contribution >= 4 is 11.7 Å². The van der Waals surface area contributed by atoms with Gasteiger partial charge in [0.2, 0.25) is 0 Å². The number of anilines is 1. The highest BCUT2D eigenvalue weighted by atomic mass is 16.5. The molecule has 3 N–H and O–H groups in total. The minimum absolute atomic E-state index is 0.0816. The number of aromatic hydroxyl groups is 1. The van der Waals surface area contributed by atoms with Gasteiger partial charge < -0.3 is 20.3 Å². The van der Waals surface area contributed by atoms with Gasteiger partial charge in [-0.05, 0) is 31.4 Å². The minimum Gasteiger partial charge on any atom is -0.504 e. The molecule has 0 aliphatic heterocycles. The van der Waals surface area contributed by atoms with Crippen LogP contribution in [0.5, 0.6) is 11.5 Å². The lowest BCUT2D eigenvalue weighted by Gasteiger charge is -2.28. The van der Waals surface area contributed by atoms with Crippen molar-refractivity contribution in [2.75, 3.05) is 12.4 Å². The average Bonchev–Trinajstić information content (AvgIpc) is 2.39. The largest absolute Gasteiger partial charge is 0.504 e. The fourth-order valence-electron chi connectivity index (χ4n) is 2.56. The van der Waals surface area contributed by atoms with E-state index in [4.69, 9.17) is 9.84 Å². The van der Waals surface area contributed by atoms with E-state index in [-0.39, 0.29) is 17.7 Å². The number of hydrogen-bond donors (Lipinski definition) is 3. The predicted octanol–water partition coefficient (Wildman–Crippen LogP) is 2.46. The van der Waals surface area contributed by atoms with Crippen molar-refractivity contribution in [3.05, 3.63) is 18.2 Å². The molecule has 0 saturated heterocycles. The molecule has 0 amide bonds. The number of nitrogens with one attached hydrogen (secondary N) is 1. The zero-order valence-corrected chi connectivity index (χ0v) is 10.9. The molecule has 0 bridgehead atoms. The first-order chi connectivity index (χ1) is 9.10. The quantitative estimate of drug-likeness (QED) is 0.779. The molecule has 1 aromatic carbocycles. The Balaban J connectivity index is 2.00. The lowest BCUT2D eigenvalue weighted by molar-refractivity contribution is -0.142. The van der Waals surface area contributed by atoms with Gasteiger partial charge in [-0.25, -0.2) is 0 Å². The van der Waals surface area contributed by atoms with Crippen LogP contribution in [0, 0.1) is 5.92 Å². The molecule has 2 atom stereocenters. The Morgan fingerprint density at radius 3 is 2.84 bits per heavy atom. The van der Waals surface area contributed by atoms with Crippen LogP contribution < -0.4 is 10.1 Å². The lowest BCUT2D eigenvalue weighted by atomic mass is 9.85. The van der Waals surface area contributed by atoms with E-state index >= 15 is 0 Å². The van der Waals surface area contributed by atoms with Gasteiger partial charge in [0, 0.05) is 17.8 Å². The van der Waals surface area contributed by atoms with Crippen molar-refractivity contribution in [2.24, 2.45) is 5.92 Å². The Bertz CT molecular complexity index is 461. The van der Waals surface area contributed by atoms with Crippen LogP contribution in [0.4, 0.5) is 5.69 Å². The summed E-state index contributed by atoms with van der Waals surface area (Å²) < 4.78 is 4.98. The van der Waals surface area contributed by atoms with Gasteiger partial charge in [-0.1, -0.05) is 6.42 Å². The van der Waals surface area contributed by atoms with E-state index in [1.165, 1.54) is 7.11 Å². The first-order valence-electron chi connectivity index (χ1n) is 6.46. The number of carboxylic acid groups (broad SMARTS) is 1. The summed E-state index contributed by atoms with van der Waals surface area (Å²) in [6.45, 7) is 0. The number of ether oxygens (including phenoxy) is 1. The van der Waals surface area contributed by atoms with Crippen LogP contribution in [0.15, 0.2) is 18.2 Å². The summed E-state index contributed by atoms with van der Waals surface area (Å²) in [6.07, 6.45) is 3.25. The third-order valence-corrected chi connectivity index (χ3v) is 3.57. The number of phenolic OH excluding ortho intramolecular Hbond substituents is 1. The van der Waals surface area contributed by atoms with Crippen molar-refractivity contribution in [3.63, 3.8) is 0 Å². The van der Waals surface area contributed by atoms with Crippen molar-refractivity contribution in [2.45, 2.75) is 31.7 Å².